The summed E-state index contributed by atoms with van der Waals surface area (Å²) in [5.74, 6) is 1.70. The molecular formula is C16H22N2OS. The van der Waals surface area contributed by atoms with E-state index in [4.69, 9.17) is 0 Å². The van der Waals surface area contributed by atoms with Gasteiger partial charge in [-0.1, -0.05) is 13.0 Å². The van der Waals surface area contributed by atoms with Gasteiger partial charge in [-0.05, 0) is 49.6 Å². The summed E-state index contributed by atoms with van der Waals surface area (Å²) >= 11 is 2.04. The molecule has 2 aliphatic rings. The molecule has 1 saturated carbocycles. The summed E-state index contributed by atoms with van der Waals surface area (Å²) in [6.07, 6.45) is 4.60. The van der Waals surface area contributed by atoms with Gasteiger partial charge in [-0.2, -0.15) is 11.8 Å². The summed E-state index contributed by atoms with van der Waals surface area (Å²) in [4.78, 5) is 11.8. The van der Waals surface area contributed by atoms with Gasteiger partial charge in [-0.25, -0.2) is 0 Å². The largest absolute Gasteiger partial charge is 0.381 e. The highest BCUT2D eigenvalue weighted by Crippen LogP contribution is 2.31. The Balaban J connectivity index is 1.62. The lowest BCUT2D eigenvalue weighted by molar-refractivity contribution is -0.117. The van der Waals surface area contributed by atoms with Gasteiger partial charge in [0, 0.05) is 28.6 Å². The standard InChI is InChI=1S/C16H22N2OS/c1-11-15(6-3-9-20-11)17-13-4-2-5-14(10-13)18-16(19)12-7-8-12/h2,4-5,10-12,15,17H,3,6-9H2,1H3,(H,18,19). The van der Waals surface area contributed by atoms with Crippen LogP contribution in [0.25, 0.3) is 0 Å². The molecule has 1 amide bonds. The summed E-state index contributed by atoms with van der Waals surface area (Å²) in [5.41, 5.74) is 2.01. The zero-order valence-electron chi connectivity index (χ0n) is 11.9. The highest BCUT2D eigenvalue weighted by Gasteiger charge is 2.29. The van der Waals surface area contributed by atoms with Crippen molar-refractivity contribution in [2.24, 2.45) is 5.92 Å². The van der Waals surface area contributed by atoms with Gasteiger partial charge in [0.25, 0.3) is 0 Å². The number of anilines is 2. The van der Waals surface area contributed by atoms with Crippen LogP contribution >= 0.6 is 11.8 Å². The highest BCUT2D eigenvalue weighted by atomic mass is 32.2. The smallest absolute Gasteiger partial charge is 0.227 e. The predicted octanol–water partition coefficient (Wildman–Crippen LogP) is 3.73. The summed E-state index contributed by atoms with van der Waals surface area (Å²) in [6, 6.07) is 8.63. The Kier molecular flexibility index (Phi) is 4.20. The molecule has 2 N–H and O–H groups in total. The average molecular weight is 290 g/mol. The summed E-state index contributed by atoms with van der Waals surface area (Å²) in [6.45, 7) is 2.29. The normalized spacial score (nSPS) is 26.1. The molecule has 0 spiro atoms. The lowest BCUT2D eigenvalue weighted by Gasteiger charge is -2.30. The van der Waals surface area contributed by atoms with Crippen LogP contribution in [0.2, 0.25) is 0 Å². The van der Waals surface area contributed by atoms with Crippen LogP contribution in [0.15, 0.2) is 24.3 Å². The first-order valence-corrected chi connectivity index (χ1v) is 8.56. The maximum Gasteiger partial charge on any atom is 0.227 e. The second-order valence-electron chi connectivity index (χ2n) is 5.81. The molecule has 108 valence electrons. The minimum Gasteiger partial charge on any atom is -0.381 e. The molecule has 1 aromatic rings. The fourth-order valence-corrected chi connectivity index (χ4v) is 3.75. The lowest BCUT2D eigenvalue weighted by atomic mass is 10.1. The maximum absolute atomic E-state index is 11.8. The second kappa shape index (κ2) is 6.08. The SMILES string of the molecule is CC1SCCCC1Nc1cccc(NC(=O)C2CC2)c1. The van der Waals surface area contributed by atoms with E-state index >= 15 is 0 Å². The molecule has 1 heterocycles. The molecule has 0 radical (unpaired) electrons. The van der Waals surface area contributed by atoms with Crippen molar-refractivity contribution in [2.45, 2.75) is 43.9 Å². The fraction of sp³-hybridized carbons (Fsp3) is 0.562. The third kappa shape index (κ3) is 3.48. The monoisotopic (exact) mass is 290 g/mol. The minimum atomic E-state index is 0.170. The third-order valence-corrected chi connectivity index (χ3v) is 5.42. The molecule has 0 bridgehead atoms. The van der Waals surface area contributed by atoms with E-state index in [0.717, 1.165) is 24.2 Å². The van der Waals surface area contributed by atoms with Crippen molar-refractivity contribution >= 4 is 29.0 Å². The van der Waals surface area contributed by atoms with Gasteiger partial charge < -0.3 is 10.6 Å². The van der Waals surface area contributed by atoms with Gasteiger partial charge in [-0.3, -0.25) is 4.79 Å². The van der Waals surface area contributed by atoms with Gasteiger partial charge in [0.05, 0.1) is 0 Å². The van der Waals surface area contributed by atoms with Crippen molar-refractivity contribution in [3.05, 3.63) is 24.3 Å². The van der Waals surface area contributed by atoms with Gasteiger partial charge in [0.1, 0.15) is 0 Å². The zero-order chi connectivity index (χ0) is 13.9. The predicted molar refractivity (Wildman–Crippen MR) is 86.4 cm³/mol. The van der Waals surface area contributed by atoms with E-state index in [9.17, 15) is 4.79 Å². The minimum absolute atomic E-state index is 0.170. The van der Waals surface area contributed by atoms with Crippen LogP contribution in [-0.2, 0) is 4.79 Å². The van der Waals surface area contributed by atoms with Crippen molar-refractivity contribution < 1.29 is 4.79 Å². The van der Waals surface area contributed by atoms with Crippen molar-refractivity contribution in [2.75, 3.05) is 16.4 Å². The quantitative estimate of drug-likeness (QED) is 0.887. The molecule has 1 aromatic carbocycles. The molecular weight excluding hydrogens is 268 g/mol. The number of amides is 1. The van der Waals surface area contributed by atoms with E-state index in [2.05, 4.69) is 23.6 Å². The molecule has 1 saturated heterocycles. The zero-order valence-corrected chi connectivity index (χ0v) is 12.7. The molecule has 2 atom stereocenters. The lowest BCUT2D eigenvalue weighted by Crippen LogP contribution is -2.32. The molecule has 3 rings (SSSR count). The number of carbonyl (C=O) groups excluding carboxylic acids is 1. The molecule has 1 aliphatic carbocycles. The maximum atomic E-state index is 11.8. The molecule has 2 unspecified atom stereocenters. The van der Waals surface area contributed by atoms with Crippen LogP contribution in [-0.4, -0.2) is 23.0 Å². The van der Waals surface area contributed by atoms with Gasteiger partial charge in [-0.15, -0.1) is 0 Å². The van der Waals surface area contributed by atoms with Crippen LogP contribution in [0.3, 0.4) is 0 Å². The molecule has 4 heteroatoms. The Morgan fingerprint density at radius 2 is 2.05 bits per heavy atom. The number of thioether (sulfide) groups is 1. The van der Waals surface area contributed by atoms with Crippen molar-refractivity contribution in [3.63, 3.8) is 0 Å². The Hall–Kier alpha value is -1.16. The number of benzene rings is 1. The summed E-state index contributed by atoms with van der Waals surface area (Å²) < 4.78 is 0. The summed E-state index contributed by atoms with van der Waals surface area (Å²) in [7, 11) is 0. The first-order chi connectivity index (χ1) is 9.72. The molecule has 0 aromatic heterocycles. The van der Waals surface area contributed by atoms with Crippen LogP contribution in [0.4, 0.5) is 11.4 Å². The van der Waals surface area contributed by atoms with Gasteiger partial charge in [0.15, 0.2) is 0 Å². The van der Waals surface area contributed by atoms with Crippen molar-refractivity contribution in [1.29, 1.82) is 0 Å². The van der Waals surface area contributed by atoms with Crippen molar-refractivity contribution in [1.82, 2.24) is 0 Å². The third-order valence-electron chi connectivity index (χ3n) is 4.04. The first-order valence-electron chi connectivity index (χ1n) is 7.51. The average Bonchev–Trinajstić information content (AvgIpc) is 3.26. The fourth-order valence-electron chi connectivity index (χ4n) is 2.60. The van der Waals surface area contributed by atoms with E-state index in [-0.39, 0.29) is 11.8 Å². The Bertz CT molecular complexity index is 487. The van der Waals surface area contributed by atoms with Crippen LogP contribution in [0.5, 0.6) is 0 Å². The topological polar surface area (TPSA) is 41.1 Å². The van der Waals surface area contributed by atoms with E-state index in [1.807, 2.05) is 30.0 Å². The molecule has 20 heavy (non-hydrogen) atoms. The number of carbonyl (C=O) groups is 1. The van der Waals surface area contributed by atoms with Crippen LogP contribution in [0.1, 0.15) is 32.6 Å². The Morgan fingerprint density at radius 3 is 2.80 bits per heavy atom. The number of rotatable bonds is 4. The van der Waals surface area contributed by atoms with E-state index in [1.165, 1.54) is 18.6 Å². The van der Waals surface area contributed by atoms with Crippen LogP contribution in [0, 0.1) is 5.92 Å². The molecule has 3 nitrogen and oxygen atoms in total. The Labute approximate surface area is 124 Å². The van der Waals surface area contributed by atoms with E-state index < -0.39 is 0 Å². The van der Waals surface area contributed by atoms with Crippen LogP contribution < -0.4 is 10.6 Å². The number of hydrogen-bond acceptors (Lipinski definition) is 3. The number of nitrogens with one attached hydrogen (secondary N) is 2. The molecule has 2 fully saturated rings. The van der Waals surface area contributed by atoms with Crippen molar-refractivity contribution in [3.8, 4) is 0 Å². The summed E-state index contributed by atoms with van der Waals surface area (Å²) in [5, 5.41) is 7.27. The Morgan fingerprint density at radius 1 is 1.25 bits per heavy atom. The second-order valence-corrected chi connectivity index (χ2v) is 7.30. The van der Waals surface area contributed by atoms with E-state index in [1.54, 1.807) is 0 Å². The van der Waals surface area contributed by atoms with Gasteiger partial charge >= 0.3 is 0 Å². The highest BCUT2D eigenvalue weighted by molar-refractivity contribution is 8.00. The number of hydrogen-bond donors (Lipinski definition) is 2. The molecule has 1 aliphatic heterocycles. The van der Waals surface area contributed by atoms with Gasteiger partial charge in [0.2, 0.25) is 5.91 Å². The van der Waals surface area contributed by atoms with E-state index in [0.29, 0.717) is 11.3 Å². The first kappa shape index (κ1) is 13.8.